The number of benzene rings is 1. The molecule has 1 aliphatic heterocycles. The van der Waals surface area contributed by atoms with Crippen molar-refractivity contribution in [3.8, 4) is 17.0 Å². The van der Waals surface area contributed by atoms with Crippen LogP contribution in [0.1, 0.15) is 25.3 Å². The lowest BCUT2D eigenvalue weighted by molar-refractivity contribution is 0.260. The van der Waals surface area contributed by atoms with E-state index in [0.717, 1.165) is 31.5 Å². The van der Waals surface area contributed by atoms with Gasteiger partial charge in [0.25, 0.3) is 0 Å². The van der Waals surface area contributed by atoms with E-state index in [2.05, 4.69) is 27.5 Å². The van der Waals surface area contributed by atoms with E-state index < -0.39 is 5.82 Å². The molecule has 0 amide bonds. The van der Waals surface area contributed by atoms with Crippen LogP contribution in [0.3, 0.4) is 0 Å². The van der Waals surface area contributed by atoms with E-state index in [1.165, 1.54) is 6.07 Å². The van der Waals surface area contributed by atoms with E-state index >= 15 is 0 Å². The molecule has 7 heteroatoms. The Morgan fingerprint density at radius 1 is 1.33 bits per heavy atom. The molecule has 0 saturated carbocycles. The maximum absolute atomic E-state index is 14.7. The molecule has 0 spiro atoms. The molecular formula is C20H24FN5O. The van der Waals surface area contributed by atoms with E-state index in [-0.39, 0.29) is 11.3 Å². The molecule has 4 rings (SSSR count). The molecule has 142 valence electrons. The highest BCUT2D eigenvalue weighted by molar-refractivity contribution is 5.81. The molecule has 3 heterocycles. The highest BCUT2D eigenvalue weighted by Gasteiger charge is 2.21. The Morgan fingerprint density at radius 2 is 2.19 bits per heavy atom. The van der Waals surface area contributed by atoms with Crippen LogP contribution in [-0.4, -0.2) is 50.8 Å². The summed E-state index contributed by atoms with van der Waals surface area (Å²) in [5, 5.41) is 22.4. The molecule has 0 aliphatic carbocycles. The van der Waals surface area contributed by atoms with Gasteiger partial charge >= 0.3 is 0 Å². The zero-order valence-corrected chi connectivity index (χ0v) is 15.6. The fourth-order valence-corrected chi connectivity index (χ4v) is 3.78. The van der Waals surface area contributed by atoms with Gasteiger partial charge in [0.2, 0.25) is 5.95 Å². The zero-order valence-electron chi connectivity index (χ0n) is 15.6. The van der Waals surface area contributed by atoms with Crippen LogP contribution in [-0.2, 0) is 6.42 Å². The Labute approximate surface area is 157 Å². The first kappa shape index (κ1) is 17.7. The number of halogens is 1. The minimum absolute atomic E-state index is 0.0901. The summed E-state index contributed by atoms with van der Waals surface area (Å²) in [5.74, 6) is 0.0295. The summed E-state index contributed by atoms with van der Waals surface area (Å²) in [6.45, 7) is 3.97. The first-order chi connectivity index (χ1) is 13.1. The SMILES string of the molecule is CCc1cc(O)c(-c2nnc(N[C@@H]3CCCN(C)C3)n3cccc23)c(F)c1. The lowest BCUT2D eigenvalue weighted by atomic mass is 10.0. The Morgan fingerprint density at radius 3 is 2.93 bits per heavy atom. The summed E-state index contributed by atoms with van der Waals surface area (Å²) in [5.41, 5.74) is 1.87. The summed E-state index contributed by atoms with van der Waals surface area (Å²) in [4.78, 5) is 2.29. The number of aromatic nitrogens is 3. The van der Waals surface area contributed by atoms with Crippen molar-refractivity contribution in [1.82, 2.24) is 19.5 Å². The number of fused-ring (bicyclic) bond motifs is 1. The molecular weight excluding hydrogens is 345 g/mol. The van der Waals surface area contributed by atoms with Gasteiger partial charge in [0.05, 0.1) is 11.1 Å². The minimum Gasteiger partial charge on any atom is -0.507 e. The number of hydrogen-bond acceptors (Lipinski definition) is 5. The van der Waals surface area contributed by atoms with Crippen LogP contribution in [0.4, 0.5) is 10.3 Å². The molecule has 0 bridgehead atoms. The number of piperidine rings is 1. The molecule has 6 nitrogen and oxygen atoms in total. The summed E-state index contributed by atoms with van der Waals surface area (Å²) < 4.78 is 16.5. The first-order valence-electron chi connectivity index (χ1n) is 9.37. The predicted octanol–water partition coefficient (Wildman–Crippen LogP) is 3.31. The molecule has 1 aromatic carbocycles. The van der Waals surface area contributed by atoms with Gasteiger partial charge in [-0.1, -0.05) is 6.92 Å². The lowest BCUT2D eigenvalue weighted by Gasteiger charge is -2.30. The van der Waals surface area contributed by atoms with Crippen molar-refractivity contribution >= 4 is 11.5 Å². The van der Waals surface area contributed by atoms with Crippen molar-refractivity contribution in [1.29, 1.82) is 0 Å². The molecule has 3 aromatic rings. The van der Waals surface area contributed by atoms with Crippen LogP contribution in [0.25, 0.3) is 16.8 Å². The quantitative estimate of drug-likeness (QED) is 0.739. The van der Waals surface area contributed by atoms with E-state index in [4.69, 9.17) is 0 Å². The molecule has 1 atom stereocenters. The number of nitrogens with one attached hydrogen (secondary N) is 1. The van der Waals surface area contributed by atoms with Crippen molar-refractivity contribution in [3.63, 3.8) is 0 Å². The molecule has 0 radical (unpaired) electrons. The van der Waals surface area contributed by atoms with E-state index in [9.17, 15) is 9.50 Å². The van der Waals surface area contributed by atoms with Crippen LogP contribution < -0.4 is 5.32 Å². The van der Waals surface area contributed by atoms with Crippen LogP contribution in [0.2, 0.25) is 0 Å². The molecule has 2 aromatic heterocycles. The monoisotopic (exact) mass is 369 g/mol. The standard InChI is InChI=1S/C20H24FN5O/c1-3-13-10-15(21)18(17(27)11-13)19-16-7-5-9-26(16)20(24-23-19)22-14-6-4-8-25(2)12-14/h5,7,9-11,14,27H,3-4,6,8,12H2,1-2H3,(H,22,24)/t14-/m1/s1. The van der Waals surface area contributed by atoms with Gasteiger partial charge < -0.3 is 15.3 Å². The Hall–Kier alpha value is -2.67. The number of rotatable bonds is 4. The fraction of sp³-hybridized carbons (Fsp3) is 0.400. The number of anilines is 1. The molecule has 1 aliphatic rings. The van der Waals surface area contributed by atoms with Crippen LogP contribution in [0, 0.1) is 5.82 Å². The Bertz CT molecular complexity index is 947. The number of nitrogens with zero attached hydrogens (tertiary/aromatic N) is 4. The van der Waals surface area contributed by atoms with Gasteiger partial charge in [0.1, 0.15) is 17.3 Å². The third-order valence-electron chi connectivity index (χ3n) is 5.20. The van der Waals surface area contributed by atoms with Crippen molar-refractivity contribution in [2.45, 2.75) is 32.2 Å². The van der Waals surface area contributed by atoms with Crippen LogP contribution >= 0.6 is 0 Å². The lowest BCUT2D eigenvalue weighted by Crippen LogP contribution is -2.40. The van der Waals surface area contributed by atoms with Crippen molar-refractivity contribution in [3.05, 3.63) is 41.8 Å². The molecule has 27 heavy (non-hydrogen) atoms. The number of aryl methyl sites for hydroxylation is 1. The number of aromatic hydroxyl groups is 1. The van der Waals surface area contributed by atoms with Gasteiger partial charge in [-0.15, -0.1) is 10.2 Å². The number of likely N-dealkylation sites (N-methyl/N-ethyl adjacent to an activating group) is 1. The average molecular weight is 369 g/mol. The predicted molar refractivity (Wildman–Crippen MR) is 104 cm³/mol. The second-order valence-corrected chi connectivity index (χ2v) is 7.21. The smallest absolute Gasteiger partial charge is 0.228 e. The summed E-state index contributed by atoms with van der Waals surface area (Å²) >= 11 is 0. The van der Waals surface area contributed by atoms with Gasteiger partial charge in [-0.05, 0) is 62.7 Å². The van der Waals surface area contributed by atoms with E-state index in [1.807, 2.05) is 29.7 Å². The Balaban J connectivity index is 1.74. The normalized spacial score (nSPS) is 18.1. The first-order valence-corrected chi connectivity index (χ1v) is 9.37. The van der Waals surface area contributed by atoms with Crippen molar-refractivity contribution in [2.24, 2.45) is 0 Å². The molecule has 1 fully saturated rings. The number of hydrogen-bond donors (Lipinski definition) is 2. The summed E-state index contributed by atoms with van der Waals surface area (Å²) in [6.07, 6.45) is 4.73. The maximum atomic E-state index is 14.7. The molecule has 2 N–H and O–H groups in total. The Kier molecular flexibility index (Phi) is 4.70. The van der Waals surface area contributed by atoms with E-state index in [0.29, 0.717) is 29.6 Å². The molecule has 0 unspecified atom stereocenters. The minimum atomic E-state index is -0.487. The van der Waals surface area contributed by atoms with Gasteiger partial charge in [0.15, 0.2) is 0 Å². The topological polar surface area (TPSA) is 65.7 Å². The highest BCUT2D eigenvalue weighted by atomic mass is 19.1. The van der Waals surface area contributed by atoms with Crippen molar-refractivity contribution in [2.75, 3.05) is 25.5 Å². The van der Waals surface area contributed by atoms with Gasteiger partial charge in [-0.25, -0.2) is 4.39 Å². The fourth-order valence-electron chi connectivity index (χ4n) is 3.78. The summed E-state index contributed by atoms with van der Waals surface area (Å²) in [6, 6.07) is 7.05. The number of phenolic OH excluding ortho intramolecular Hbond substituents is 1. The van der Waals surface area contributed by atoms with E-state index in [1.54, 1.807) is 6.07 Å². The van der Waals surface area contributed by atoms with Gasteiger partial charge in [-0.3, -0.25) is 4.40 Å². The van der Waals surface area contributed by atoms with Gasteiger partial charge in [-0.2, -0.15) is 0 Å². The van der Waals surface area contributed by atoms with Crippen molar-refractivity contribution < 1.29 is 9.50 Å². The maximum Gasteiger partial charge on any atom is 0.228 e. The second kappa shape index (κ2) is 7.15. The average Bonchev–Trinajstić information content (AvgIpc) is 3.13. The third kappa shape index (κ3) is 3.35. The number of phenols is 1. The van der Waals surface area contributed by atoms with Crippen LogP contribution in [0.15, 0.2) is 30.5 Å². The molecule has 1 saturated heterocycles. The van der Waals surface area contributed by atoms with Crippen LogP contribution in [0.5, 0.6) is 5.75 Å². The number of likely N-dealkylation sites (tertiary alicyclic amines) is 1. The zero-order chi connectivity index (χ0) is 19.0. The highest BCUT2D eigenvalue weighted by Crippen LogP contribution is 2.35. The third-order valence-corrected chi connectivity index (χ3v) is 5.20. The largest absolute Gasteiger partial charge is 0.507 e. The van der Waals surface area contributed by atoms with Gasteiger partial charge in [0, 0.05) is 18.8 Å². The second-order valence-electron chi connectivity index (χ2n) is 7.21. The summed E-state index contributed by atoms with van der Waals surface area (Å²) in [7, 11) is 2.11.